The largest absolute Gasteiger partial charge is 0.280 e. The Labute approximate surface area is 123 Å². The second kappa shape index (κ2) is 5.85. The van der Waals surface area contributed by atoms with Crippen LogP contribution in [0.3, 0.4) is 0 Å². The molecular weight excluding hydrogens is 293 g/mol. The SMILES string of the molecule is Cc1cc(S(=O)(=O)Nc2cc(CC(C)C)[nH]n2)ccc1F. The maximum Gasteiger partial charge on any atom is 0.263 e. The molecule has 0 aliphatic rings. The average molecular weight is 311 g/mol. The zero-order chi connectivity index (χ0) is 15.6. The molecular formula is C14H18FN3O2S. The average Bonchev–Trinajstić information content (AvgIpc) is 2.78. The molecule has 0 aliphatic heterocycles. The highest BCUT2D eigenvalue weighted by atomic mass is 32.2. The van der Waals surface area contributed by atoms with Crippen molar-refractivity contribution in [3.63, 3.8) is 0 Å². The van der Waals surface area contributed by atoms with Gasteiger partial charge in [0.25, 0.3) is 10.0 Å². The number of aromatic amines is 1. The van der Waals surface area contributed by atoms with E-state index in [1.807, 2.05) is 0 Å². The second-order valence-corrected chi connectivity index (χ2v) is 7.08. The van der Waals surface area contributed by atoms with Crippen LogP contribution in [-0.4, -0.2) is 18.6 Å². The number of aryl methyl sites for hydroxylation is 1. The zero-order valence-electron chi connectivity index (χ0n) is 12.1. The zero-order valence-corrected chi connectivity index (χ0v) is 13.0. The number of benzene rings is 1. The van der Waals surface area contributed by atoms with Gasteiger partial charge < -0.3 is 0 Å². The minimum atomic E-state index is -3.77. The first kappa shape index (κ1) is 15.5. The Morgan fingerprint density at radius 2 is 2.05 bits per heavy atom. The Kier molecular flexibility index (Phi) is 4.32. The molecule has 0 amide bonds. The number of hydrogen-bond donors (Lipinski definition) is 2. The van der Waals surface area contributed by atoms with Gasteiger partial charge in [-0.25, -0.2) is 12.8 Å². The van der Waals surface area contributed by atoms with Gasteiger partial charge in [-0.2, -0.15) is 5.10 Å². The van der Waals surface area contributed by atoms with Crippen LogP contribution in [-0.2, 0) is 16.4 Å². The van der Waals surface area contributed by atoms with Crippen LogP contribution in [0.5, 0.6) is 0 Å². The number of H-pyrrole nitrogens is 1. The number of anilines is 1. The minimum absolute atomic E-state index is 0.00908. The Balaban J connectivity index is 2.20. The Morgan fingerprint density at radius 1 is 1.33 bits per heavy atom. The molecule has 0 saturated heterocycles. The van der Waals surface area contributed by atoms with Crippen LogP contribution in [0.4, 0.5) is 10.2 Å². The molecule has 1 heterocycles. The summed E-state index contributed by atoms with van der Waals surface area (Å²) in [5.41, 5.74) is 1.14. The topological polar surface area (TPSA) is 74.8 Å². The van der Waals surface area contributed by atoms with E-state index in [1.54, 1.807) is 6.07 Å². The number of nitrogens with zero attached hydrogens (tertiary/aromatic N) is 1. The van der Waals surface area contributed by atoms with Gasteiger partial charge in [0.05, 0.1) is 4.90 Å². The van der Waals surface area contributed by atoms with Gasteiger partial charge in [0.15, 0.2) is 5.82 Å². The van der Waals surface area contributed by atoms with Crippen molar-refractivity contribution in [3.8, 4) is 0 Å². The molecule has 5 nitrogen and oxygen atoms in total. The van der Waals surface area contributed by atoms with Crippen LogP contribution in [0.15, 0.2) is 29.2 Å². The first-order valence-electron chi connectivity index (χ1n) is 6.61. The van der Waals surface area contributed by atoms with E-state index in [0.717, 1.165) is 18.2 Å². The van der Waals surface area contributed by atoms with Crippen LogP contribution < -0.4 is 4.72 Å². The number of halogens is 1. The van der Waals surface area contributed by atoms with E-state index in [4.69, 9.17) is 0 Å². The van der Waals surface area contributed by atoms with Crippen molar-refractivity contribution in [2.75, 3.05) is 4.72 Å². The van der Waals surface area contributed by atoms with Gasteiger partial charge in [-0.05, 0) is 43.0 Å². The predicted molar refractivity (Wildman–Crippen MR) is 79.1 cm³/mol. The fourth-order valence-electron chi connectivity index (χ4n) is 1.94. The van der Waals surface area contributed by atoms with Gasteiger partial charge in [-0.3, -0.25) is 9.82 Å². The van der Waals surface area contributed by atoms with E-state index in [1.165, 1.54) is 19.1 Å². The number of aromatic nitrogens is 2. The van der Waals surface area contributed by atoms with Crippen molar-refractivity contribution in [1.82, 2.24) is 10.2 Å². The van der Waals surface area contributed by atoms with Crippen molar-refractivity contribution in [1.29, 1.82) is 0 Å². The highest BCUT2D eigenvalue weighted by Gasteiger charge is 2.17. The standard InChI is InChI=1S/C14H18FN3O2S/c1-9(2)6-11-8-14(17-16-11)18-21(19,20)12-4-5-13(15)10(3)7-12/h4-5,7-9H,6H2,1-3H3,(H2,16,17,18). The fourth-order valence-corrected chi connectivity index (χ4v) is 3.02. The van der Waals surface area contributed by atoms with Gasteiger partial charge in [0.1, 0.15) is 5.82 Å². The normalized spacial score (nSPS) is 11.9. The lowest BCUT2D eigenvalue weighted by molar-refractivity contribution is 0.598. The molecule has 2 aromatic rings. The number of nitrogens with one attached hydrogen (secondary N) is 2. The Morgan fingerprint density at radius 3 is 2.67 bits per heavy atom. The van der Waals surface area contributed by atoms with Gasteiger partial charge in [0, 0.05) is 11.8 Å². The van der Waals surface area contributed by atoms with E-state index in [2.05, 4.69) is 28.8 Å². The maximum atomic E-state index is 13.2. The van der Waals surface area contributed by atoms with Crippen LogP contribution >= 0.6 is 0 Å². The molecule has 1 aromatic carbocycles. The molecule has 0 atom stereocenters. The minimum Gasteiger partial charge on any atom is -0.280 e. The quantitative estimate of drug-likeness (QED) is 0.891. The summed E-state index contributed by atoms with van der Waals surface area (Å²) < 4.78 is 40.0. The van der Waals surface area contributed by atoms with Gasteiger partial charge >= 0.3 is 0 Å². The van der Waals surface area contributed by atoms with Crippen molar-refractivity contribution >= 4 is 15.8 Å². The second-order valence-electron chi connectivity index (χ2n) is 5.39. The highest BCUT2D eigenvalue weighted by molar-refractivity contribution is 7.92. The van der Waals surface area contributed by atoms with Crippen LogP contribution in [0.25, 0.3) is 0 Å². The summed E-state index contributed by atoms with van der Waals surface area (Å²) >= 11 is 0. The first-order valence-corrected chi connectivity index (χ1v) is 8.09. The summed E-state index contributed by atoms with van der Waals surface area (Å²) in [6, 6.07) is 5.32. The lowest BCUT2D eigenvalue weighted by Crippen LogP contribution is -2.13. The van der Waals surface area contributed by atoms with Gasteiger partial charge in [-0.15, -0.1) is 0 Å². The molecule has 0 aliphatic carbocycles. The maximum absolute atomic E-state index is 13.2. The fraction of sp³-hybridized carbons (Fsp3) is 0.357. The summed E-state index contributed by atoms with van der Waals surface area (Å²) in [5.74, 6) is 0.232. The van der Waals surface area contributed by atoms with E-state index < -0.39 is 15.8 Å². The molecule has 2 rings (SSSR count). The van der Waals surface area contributed by atoms with Crippen molar-refractivity contribution < 1.29 is 12.8 Å². The molecule has 1 aromatic heterocycles. The third-order valence-corrected chi connectivity index (χ3v) is 4.29. The molecule has 0 radical (unpaired) electrons. The van der Waals surface area contributed by atoms with Crippen LogP contribution in [0.1, 0.15) is 25.1 Å². The Hall–Kier alpha value is -1.89. The van der Waals surface area contributed by atoms with E-state index in [-0.39, 0.29) is 16.3 Å². The monoisotopic (exact) mass is 311 g/mol. The number of sulfonamides is 1. The molecule has 0 spiro atoms. The molecule has 0 fully saturated rings. The van der Waals surface area contributed by atoms with E-state index >= 15 is 0 Å². The third kappa shape index (κ3) is 3.81. The van der Waals surface area contributed by atoms with Gasteiger partial charge in [-0.1, -0.05) is 13.8 Å². The Bertz CT molecular complexity index is 738. The lowest BCUT2D eigenvalue weighted by atomic mass is 10.1. The lowest BCUT2D eigenvalue weighted by Gasteiger charge is -2.06. The summed E-state index contributed by atoms with van der Waals surface area (Å²) in [7, 11) is -3.77. The van der Waals surface area contributed by atoms with Crippen molar-refractivity contribution in [3.05, 3.63) is 41.3 Å². The molecule has 114 valence electrons. The predicted octanol–water partition coefficient (Wildman–Crippen LogP) is 2.86. The summed E-state index contributed by atoms with van der Waals surface area (Å²) in [5, 5.41) is 6.73. The molecule has 2 N–H and O–H groups in total. The number of hydrogen-bond acceptors (Lipinski definition) is 3. The molecule has 0 unspecified atom stereocenters. The first-order chi connectivity index (χ1) is 9.78. The van der Waals surface area contributed by atoms with Crippen LogP contribution in [0, 0.1) is 18.7 Å². The van der Waals surface area contributed by atoms with Crippen molar-refractivity contribution in [2.45, 2.75) is 32.1 Å². The van der Waals surface area contributed by atoms with Crippen molar-refractivity contribution in [2.24, 2.45) is 5.92 Å². The van der Waals surface area contributed by atoms with Gasteiger partial charge in [0.2, 0.25) is 0 Å². The summed E-state index contributed by atoms with van der Waals surface area (Å²) in [6.45, 7) is 5.64. The van der Waals surface area contributed by atoms with E-state index in [0.29, 0.717) is 5.92 Å². The molecule has 7 heteroatoms. The summed E-state index contributed by atoms with van der Waals surface area (Å²) in [4.78, 5) is 0.00908. The van der Waals surface area contributed by atoms with E-state index in [9.17, 15) is 12.8 Å². The summed E-state index contributed by atoms with van der Waals surface area (Å²) in [6.07, 6.45) is 0.782. The molecule has 0 bridgehead atoms. The van der Waals surface area contributed by atoms with Crippen LogP contribution in [0.2, 0.25) is 0 Å². The third-order valence-electron chi connectivity index (χ3n) is 2.94. The highest BCUT2D eigenvalue weighted by Crippen LogP contribution is 2.18. The molecule has 21 heavy (non-hydrogen) atoms. The molecule has 0 saturated carbocycles. The smallest absolute Gasteiger partial charge is 0.263 e. The number of rotatable bonds is 5.